The first-order chi connectivity index (χ1) is 9.70. The lowest BCUT2D eigenvalue weighted by atomic mass is 10.1. The minimum Gasteiger partial charge on any atom is -0.481 e. The molecule has 0 aliphatic carbocycles. The van der Waals surface area contributed by atoms with Crippen molar-refractivity contribution in [2.24, 2.45) is 0 Å². The SMILES string of the molecule is Cc1ccc(S(=O)(=O)OC[C@@H](O)C[C@@H](O)CC(=O)O)cc1. The monoisotopic (exact) mass is 318 g/mol. The van der Waals surface area contributed by atoms with Crippen LogP contribution in [0.25, 0.3) is 0 Å². The molecular weight excluding hydrogens is 300 g/mol. The van der Waals surface area contributed by atoms with Crippen molar-refractivity contribution < 1.29 is 32.7 Å². The molecule has 0 aliphatic rings. The van der Waals surface area contributed by atoms with Crippen LogP contribution in [0.15, 0.2) is 29.2 Å². The van der Waals surface area contributed by atoms with Gasteiger partial charge in [-0.05, 0) is 19.1 Å². The third-order valence-electron chi connectivity index (χ3n) is 2.68. The summed E-state index contributed by atoms with van der Waals surface area (Å²) in [4.78, 5) is 10.3. The van der Waals surface area contributed by atoms with Crippen LogP contribution in [0.5, 0.6) is 0 Å². The van der Waals surface area contributed by atoms with Crippen molar-refractivity contribution in [2.45, 2.75) is 36.9 Å². The van der Waals surface area contributed by atoms with Crippen molar-refractivity contribution >= 4 is 16.1 Å². The Kier molecular flexibility index (Phi) is 6.28. The maximum absolute atomic E-state index is 11.8. The molecule has 7 nitrogen and oxygen atoms in total. The highest BCUT2D eigenvalue weighted by Gasteiger charge is 2.20. The average Bonchev–Trinajstić information content (AvgIpc) is 2.36. The van der Waals surface area contributed by atoms with Gasteiger partial charge in [-0.2, -0.15) is 8.42 Å². The summed E-state index contributed by atoms with van der Waals surface area (Å²) in [5, 5.41) is 27.3. The highest BCUT2D eigenvalue weighted by molar-refractivity contribution is 7.86. The fourth-order valence-corrected chi connectivity index (χ4v) is 2.55. The van der Waals surface area contributed by atoms with Gasteiger partial charge in [0.1, 0.15) is 0 Å². The number of benzene rings is 1. The Morgan fingerprint density at radius 3 is 2.29 bits per heavy atom. The Morgan fingerprint density at radius 1 is 1.19 bits per heavy atom. The standard InChI is InChI=1S/C13H18O7S/c1-9-2-4-12(5-3-9)21(18,19)20-8-11(15)6-10(14)7-13(16)17/h2-5,10-11,14-15H,6-8H2,1H3,(H,16,17)/t10-,11+/m1/s1. The van der Waals surface area contributed by atoms with Crippen LogP contribution in [-0.4, -0.2) is 48.5 Å². The number of hydrogen-bond donors (Lipinski definition) is 3. The van der Waals surface area contributed by atoms with Crippen LogP contribution in [-0.2, 0) is 19.1 Å². The maximum Gasteiger partial charge on any atom is 0.305 e. The van der Waals surface area contributed by atoms with Gasteiger partial charge >= 0.3 is 5.97 Å². The van der Waals surface area contributed by atoms with E-state index in [2.05, 4.69) is 4.18 Å². The fourth-order valence-electron chi connectivity index (χ4n) is 1.61. The largest absolute Gasteiger partial charge is 0.481 e. The molecule has 0 saturated heterocycles. The first kappa shape index (κ1) is 17.6. The van der Waals surface area contributed by atoms with Crippen LogP contribution in [0.2, 0.25) is 0 Å². The normalized spacial score (nSPS) is 14.6. The van der Waals surface area contributed by atoms with E-state index in [0.717, 1.165) is 5.56 Å². The summed E-state index contributed by atoms with van der Waals surface area (Å²) in [6.07, 6.45) is -3.35. The highest BCUT2D eigenvalue weighted by atomic mass is 32.2. The molecule has 118 valence electrons. The first-order valence-electron chi connectivity index (χ1n) is 6.24. The third-order valence-corrected chi connectivity index (χ3v) is 3.98. The molecule has 0 saturated carbocycles. The molecule has 1 aromatic rings. The van der Waals surface area contributed by atoms with Crippen molar-refractivity contribution in [1.29, 1.82) is 0 Å². The van der Waals surface area contributed by atoms with Crippen molar-refractivity contribution in [1.82, 2.24) is 0 Å². The first-order valence-corrected chi connectivity index (χ1v) is 7.65. The number of aliphatic hydroxyl groups excluding tert-OH is 2. The summed E-state index contributed by atoms with van der Waals surface area (Å²) in [5.41, 5.74) is 0.894. The molecule has 2 atom stereocenters. The molecule has 0 unspecified atom stereocenters. The van der Waals surface area contributed by atoms with E-state index in [1.54, 1.807) is 12.1 Å². The van der Waals surface area contributed by atoms with Gasteiger partial charge in [0.2, 0.25) is 0 Å². The van der Waals surface area contributed by atoms with E-state index in [1.165, 1.54) is 12.1 Å². The number of carbonyl (C=O) groups is 1. The molecule has 0 amide bonds. The second-order valence-electron chi connectivity index (χ2n) is 4.69. The molecule has 1 rings (SSSR count). The molecule has 0 bridgehead atoms. The number of aliphatic hydroxyl groups is 2. The van der Waals surface area contributed by atoms with Gasteiger partial charge in [0.05, 0.1) is 30.1 Å². The van der Waals surface area contributed by atoms with Crippen LogP contribution < -0.4 is 0 Å². The molecule has 0 fully saturated rings. The van der Waals surface area contributed by atoms with Crippen LogP contribution in [0, 0.1) is 6.92 Å². The Morgan fingerprint density at radius 2 is 1.76 bits per heavy atom. The Labute approximate surface area is 122 Å². The minimum absolute atomic E-state index is 0.0358. The van der Waals surface area contributed by atoms with Crippen molar-refractivity contribution in [3.8, 4) is 0 Å². The van der Waals surface area contributed by atoms with Gasteiger partial charge in [-0.3, -0.25) is 8.98 Å². The number of carboxylic acids is 1. The van der Waals surface area contributed by atoms with E-state index < -0.39 is 41.3 Å². The molecule has 3 N–H and O–H groups in total. The molecule has 0 aromatic heterocycles. The lowest BCUT2D eigenvalue weighted by molar-refractivity contribution is -0.139. The molecule has 0 spiro atoms. The van der Waals surface area contributed by atoms with Gasteiger partial charge in [0.25, 0.3) is 10.1 Å². The van der Waals surface area contributed by atoms with Crippen LogP contribution >= 0.6 is 0 Å². The Hall–Kier alpha value is -1.48. The van der Waals surface area contributed by atoms with E-state index in [9.17, 15) is 23.4 Å². The van der Waals surface area contributed by atoms with Crippen molar-refractivity contribution in [3.05, 3.63) is 29.8 Å². The summed E-state index contributed by atoms with van der Waals surface area (Å²) in [6, 6.07) is 6.00. The lowest BCUT2D eigenvalue weighted by Gasteiger charge is -2.14. The van der Waals surface area contributed by atoms with E-state index in [0.29, 0.717) is 0 Å². The van der Waals surface area contributed by atoms with Gasteiger partial charge in [-0.15, -0.1) is 0 Å². The van der Waals surface area contributed by atoms with Crippen LogP contribution in [0.4, 0.5) is 0 Å². The van der Waals surface area contributed by atoms with E-state index >= 15 is 0 Å². The van der Waals surface area contributed by atoms with E-state index in [1.807, 2.05) is 6.92 Å². The summed E-state index contributed by atoms with van der Waals surface area (Å²) < 4.78 is 28.3. The quantitative estimate of drug-likeness (QED) is 0.589. The van der Waals surface area contributed by atoms with Gasteiger partial charge in [0.15, 0.2) is 0 Å². The predicted octanol–water partition coefficient (Wildman–Crippen LogP) is 0.287. The van der Waals surface area contributed by atoms with Gasteiger partial charge in [0, 0.05) is 6.42 Å². The smallest absolute Gasteiger partial charge is 0.305 e. The number of rotatable bonds is 8. The van der Waals surface area contributed by atoms with Crippen LogP contribution in [0.3, 0.4) is 0 Å². The summed E-state index contributed by atoms with van der Waals surface area (Å²) in [6.45, 7) is 1.26. The molecule has 0 aliphatic heterocycles. The molecule has 0 heterocycles. The molecule has 0 radical (unpaired) electrons. The fraction of sp³-hybridized carbons (Fsp3) is 0.462. The number of hydrogen-bond acceptors (Lipinski definition) is 6. The number of aryl methyl sites for hydroxylation is 1. The van der Waals surface area contributed by atoms with Crippen molar-refractivity contribution in [3.63, 3.8) is 0 Å². The Balaban J connectivity index is 2.53. The molecule has 8 heteroatoms. The van der Waals surface area contributed by atoms with Crippen molar-refractivity contribution in [2.75, 3.05) is 6.61 Å². The van der Waals surface area contributed by atoms with E-state index in [4.69, 9.17) is 5.11 Å². The third kappa shape index (κ3) is 6.21. The predicted molar refractivity (Wildman–Crippen MR) is 73.2 cm³/mol. The van der Waals surface area contributed by atoms with Gasteiger partial charge in [-0.25, -0.2) is 0 Å². The summed E-state index contributed by atoms with van der Waals surface area (Å²) >= 11 is 0. The molecule has 21 heavy (non-hydrogen) atoms. The number of aliphatic carboxylic acids is 1. The zero-order chi connectivity index (χ0) is 16.0. The second-order valence-corrected chi connectivity index (χ2v) is 6.31. The summed E-state index contributed by atoms with van der Waals surface area (Å²) in [7, 11) is -3.99. The Bertz CT molecular complexity index is 565. The van der Waals surface area contributed by atoms with Crippen LogP contribution in [0.1, 0.15) is 18.4 Å². The summed E-state index contributed by atoms with van der Waals surface area (Å²) in [5.74, 6) is -1.21. The van der Waals surface area contributed by atoms with Gasteiger partial charge in [-0.1, -0.05) is 17.7 Å². The topological polar surface area (TPSA) is 121 Å². The second kappa shape index (κ2) is 7.51. The molecule has 1 aromatic carbocycles. The highest BCUT2D eigenvalue weighted by Crippen LogP contribution is 2.14. The minimum atomic E-state index is -3.99. The zero-order valence-electron chi connectivity index (χ0n) is 11.5. The zero-order valence-corrected chi connectivity index (χ0v) is 12.3. The molecular formula is C13H18O7S. The van der Waals surface area contributed by atoms with Gasteiger partial charge < -0.3 is 15.3 Å². The average molecular weight is 318 g/mol. The lowest BCUT2D eigenvalue weighted by Crippen LogP contribution is -2.25. The maximum atomic E-state index is 11.8. The van der Waals surface area contributed by atoms with E-state index in [-0.39, 0.29) is 11.3 Å². The number of carboxylic acid groups (broad SMARTS) is 1.